The maximum atomic E-state index is 10.7. The topological polar surface area (TPSA) is 37.3 Å². The van der Waals surface area contributed by atoms with Gasteiger partial charge in [-0.1, -0.05) is 33.6 Å². The smallest absolute Gasteiger partial charge is 0.303 e. The van der Waals surface area contributed by atoms with Gasteiger partial charge in [0.25, 0.3) is 0 Å². The zero-order valence-corrected chi connectivity index (χ0v) is 9.10. The molecule has 78 valence electrons. The Balaban J connectivity index is 4.21. The molecule has 0 spiro atoms. The van der Waals surface area contributed by atoms with E-state index in [9.17, 15) is 4.79 Å². The van der Waals surface area contributed by atoms with Gasteiger partial charge >= 0.3 is 5.97 Å². The minimum absolute atomic E-state index is 0.0574. The summed E-state index contributed by atoms with van der Waals surface area (Å²) in [4.78, 5) is 10.7. The molecule has 0 rings (SSSR count). The molecule has 0 aliphatic carbocycles. The summed E-state index contributed by atoms with van der Waals surface area (Å²) in [5, 5.41) is 8.81. The van der Waals surface area contributed by atoms with Crippen LogP contribution in [0.3, 0.4) is 0 Å². The molecule has 2 nitrogen and oxygen atoms in total. The molecule has 0 unspecified atom stereocenters. The molecule has 0 amide bonds. The van der Waals surface area contributed by atoms with Crippen molar-refractivity contribution in [2.75, 3.05) is 0 Å². The molecule has 2 heteroatoms. The number of aliphatic carboxylic acids is 1. The maximum absolute atomic E-state index is 10.7. The lowest BCUT2D eigenvalue weighted by Gasteiger charge is -2.29. The zero-order valence-electron chi connectivity index (χ0n) is 9.10. The molecular formula is C11H22O2. The summed E-state index contributed by atoms with van der Waals surface area (Å²) < 4.78 is 0. The normalized spacial score (nSPS) is 11.6. The Labute approximate surface area is 81.3 Å². The summed E-state index contributed by atoms with van der Waals surface area (Å²) in [5.74, 6) is -0.653. The van der Waals surface area contributed by atoms with Crippen LogP contribution in [0.4, 0.5) is 0 Å². The van der Waals surface area contributed by atoms with Crippen LogP contribution in [-0.2, 0) is 4.79 Å². The third-order valence-electron chi connectivity index (χ3n) is 3.09. The Bertz CT molecular complexity index is 148. The lowest BCUT2D eigenvalue weighted by molar-refractivity contribution is -0.140. The molecule has 0 fully saturated rings. The first-order valence-corrected chi connectivity index (χ1v) is 5.32. The third-order valence-corrected chi connectivity index (χ3v) is 3.09. The van der Waals surface area contributed by atoms with Crippen molar-refractivity contribution in [2.24, 2.45) is 5.41 Å². The van der Waals surface area contributed by atoms with Crippen molar-refractivity contribution in [3.63, 3.8) is 0 Å². The van der Waals surface area contributed by atoms with Gasteiger partial charge in [-0.05, 0) is 24.7 Å². The predicted molar refractivity (Wildman–Crippen MR) is 54.8 cm³/mol. The van der Waals surface area contributed by atoms with Crippen LogP contribution in [0.2, 0.25) is 0 Å². The summed E-state index contributed by atoms with van der Waals surface area (Å²) in [7, 11) is 0. The highest BCUT2D eigenvalue weighted by Crippen LogP contribution is 2.36. The zero-order chi connectivity index (χ0) is 10.3. The number of carboxylic acid groups (broad SMARTS) is 1. The monoisotopic (exact) mass is 186 g/mol. The van der Waals surface area contributed by atoms with E-state index in [0.29, 0.717) is 6.42 Å². The van der Waals surface area contributed by atoms with E-state index in [-0.39, 0.29) is 5.41 Å². The quantitative estimate of drug-likeness (QED) is 0.661. The van der Waals surface area contributed by atoms with E-state index in [2.05, 4.69) is 20.8 Å². The predicted octanol–water partition coefficient (Wildman–Crippen LogP) is 3.46. The van der Waals surface area contributed by atoms with Crippen LogP contribution in [-0.4, -0.2) is 11.1 Å². The number of hydrogen-bond donors (Lipinski definition) is 1. The van der Waals surface area contributed by atoms with Crippen molar-refractivity contribution in [3.8, 4) is 0 Å². The molecule has 0 saturated carbocycles. The average molecular weight is 186 g/mol. The second-order valence-corrected chi connectivity index (χ2v) is 3.88. The Kier molecular flexibility index (Phi) is 5.76. The van der Waals surface area contributed by atoms with Gasteiger partial charge in [-0.25, -0.2) is 0 Å². The van der Waals surface area contributed by atoms with Gasteiger partial charge in [0, 0.05) is 0 Å². The Morgan fingerprint density at radius 2 is 1.77 bits per heavy atom. The molecule has 0 atom stereocenters. The number of hydrogen-bond acceptors (Lipinski definition) is 1. The molecule has 0 aliphatic rings. The molecular weight excluding hydrogens is 164 g/mol. The molecule has 1 N–H and O–H groups in total. The van der Waals surface area contributed by atoms with Gasteiger partial charge in [0.2, 0.25) is 0 Å². The van der Waals surface area contributed by atoms with E-state index in [0.717, 1.165) is 32.1 Å². The number of carbonyl (C=O) groups is 1. The Hall–Kier alpha value is -0.530. The highest BCUT2D eigenvalue weighted by Gasteiger charge is 2.28. The minimum Gasteiger partial charge on any atom is -0.481 e. The summed E-state index contributed by atoms with van der Waals surface area (Å²) >= 11 is 0. The first-order valence-electron chi connectivity index (χ1n) is 5.32. The SMILES string of the molecule is CCCCC(CC)(CC)CC(=O)O. The van der Waals surface area contributed by atoms with Gasteiger partial charge in [0.15, 0.2) is 0 Å². The number of rotatable bonds is 7. The van der Waals surface area contributed by atoms with Crippen molar-refractivity contribution >= 4 is 5.97 Å². The fraction of sp³-hybridized carbons (Fsp3) is 0.909. The Morgan fingerprint density at radius 1 is 1.23 bits per heavy atom. The first-order chi connectivity index (χ1) is 6.10. The van der Waals surface area contributed by atoms with Crippen LogP contribution in [0.15, 0.2) is 0 Å². The molecule has 13 heavy (non-hydrogen) atoms. The van der Waals surface area contributed by atoms with Crippen molar-refractivity contribution in [1.29, 1.82) is 0 Å². The summed E-state index contributed by atoms with van der Waals surface area (Å²) in [5.41, 5.74) is 0.0574. The lowest BCUT2D eigenvalue weighted by Crippen LogP contribution is -2.22. The number of unbranched alkanes of at least 4 members (excludes halogenated alkanes) is 1. The fourth-order valence-electron chi connectivity index (χ4n) is 1.81. The summed E-state index contributed by atoms with van der Waals surface area (Å²) in [6, 6.07) is 0. The summed E-state index contributed by atoms with van der Waals surface area (Å²) in [6.07, 6.45) is 5.66. The first kappa shape index (κ1) is 12.5. The van der Waals surface area contributed by atoms with E-state index in [1.165, 1.54) is 0 Å². The standard InChI is InChI=1S/C11H22O2/c1-4-7-8-11(5-2,6-3)9-10(12)13/h4-9H2,1-3H3,(H,12,13). The van der Waals surface area contributed by atoms with E-state index in [1.54, 1.807) is 0 Å². The van der Waals surface area contributed by atoms with Gasteiger partial charge in [-0.3, -0.25) is 4.79 Å². The van der Waals surface area contributed by atoms with Gasteiger partial charge in [-0.15, -0.1) is 0 Å². The van der Waals surface area contributed by atoms with Gasteiger partial charge in [0.1, 0.15) is 0 Å². The summed E-state index contributed by atoms with van der Waals surface area (Å²) in [6.45, 7) is 6.35. The van der Waals surface area contributed by atoms with E-state index in [1.807, 2.05) is 0 Å². The second-order valence-electron chi connectivity index (χ2n) is 3.88. The average Bonchev–Trinajstić information content (AvgIpc) is 2.12. The minimum atomic E-state index is -0.653. The third kappa shape index (κ3) is 4.30. The van der Waals surface area contributed by atoms with E-state index < -0.39 is 5.97 Å². The van der Waals surface area contributed by atoms with E-state index in [4.69, 9.17) is 5.11 Å². The van der Waals surface area contributed by atoms with Gasteiger partial charge in [-0.2, -0.15) is 0 Å². The fourth-order valence-corrected chi connectivity index (χ4v) is 1.81. The molecule has 0 aromatic carbocycles. The van der Waals surface area contributed by atoms with Crippen LogP contribution in [0.25, 0.3) is 0 Å². The highest BCUT2D eigenvalue weighted by atomic mass is 16.4. The molecule has 0 saturated heterocycles. The molecule has 0 radical (unpaired) electrons. The van der Waals surface area contributed by atoms with Crippen LogP contribution >= 0.6 is 0 Å². The van der Waals surface area contributed by atoms with Crippen molar-refractivity contribution in [2.45, 2.75) is 59.3 Å². The maximum Gasteiger partial charge on any atom is 0.303 e. The van der Waals surface area contributed by atoms with Gasteiger partial charge in [0.05, 0.1) is 6.42 Å². The van der Waals surface area contributed by atoms with Crippen molar-refractivity contribution < 1.29 is 9.90 Å². The van der Waals surface area contributed by atoms with Crippen LogP contribution in [0, 0.1) is 5.41 Å². The number of carboxylic acids is 1. The molecule has 0 bridgehead atoms. The van der Waals surface area contributed by atoms with Crippen LogP contribution in [0.5, 0.6) is 0 Å². The van der Waals surface area contributed by atoms with Crippen LogP contribution < -0.4 is 0 Å². The van der Waals surface area contributed by atoms with Crippen LogP contribution in [0.1, 0.15) is 59.3 Å². The largest absolute Gasteiger partial charge is 0.481 e. The second kappa shape index (κ2) is 6.01. The van der Waals surface area contributed by atoms with Crippen molar-refractivity contribution in [3.05, 3.63) is 0 Å². The lowest BCUT2D eigenvalue weighted by atomic mass is 9.75. The molecule has 0 aromatic heterocycles. The molecule has 0 heterocycles. The van der Waals surface area contributed by atoms with Gasteiger partial charge < -0.3 is 5.11 Å². The Morgan fingerprint density at radius 3 is 2.08 bits per heavy atom. The molecule has 0 aromatic rings. The highest BCUT2D eigenvalue weighted by molar-refractivity contribution is 5.67. The van der Waals surface area contributed by atoms with Crippen molar-refractivity contribution in [1.82, 2.24) is 0 Å². The van der Waals surface area contributed by atoms with E-state index >= 15 is 0 Å². The molecule has 0 aliphatic heterocycles.